The summed E-state index contributed by atoms with van der Waals surface area (Å²) in [6.45, 7) is 0.185. The zero-order valence-electron chi connectivity index (χ0n) is 21.2. The van der Waals surface area contributed by atoms with Gasteiger partial charge in [0.25, 0.3) is 11.8 Å². The fraction of sp³-hybridized carbons (Fsp3) is 0.0312. The monoisotopic (exact) mass is 566 g/mol. The minimum Gasteiger partial charge on any atom is -0.347 e. The first-order valence-electron chi connectivity index (χ1n) is 12.5. The lowest BCUT2D eigenvalue weighted by molar-refractivity contribution is -0.117. The van der Waals surface area contributed by atoms with Crippen LogP contribution in [0.5, 0.6) is 0 Å². The summed E-state index contributed by atoms with van der Waals surface area (Å²) in [5, 5.41) is 11.6. The molecule has 5 aromatic rings. The molecule has 4 aromatic carbocycles. The van der Waals surface area contributed by atoms with Crippen molar-refractivity contribution in [3.8, 4) is 16.9 Å². The molecule has 0 saturated heterocycles. The Bertz CT molecular complexity index is 1660. The molecule has 6 nitrogen and oxygen atoms in total. The third-order valence-corrected chi connectivity index (χ3v) is 6.73. The second kappa shape index (κ2) is 12.5. The van der Waals surface area contributed by atoms with Gasteiger partial charge in [-0.3, -0.25) is 9.59 Å². The Morgan fingerprint density at radius 3 is 2.15 bits per heavy atom. The first-order valence-corrected chi connectivity index (χ1v) is 13.2. The first kappa shape index (κ1) is 26.9. The maximum atomic E-state index is 13.5. The second-order valence-electron chi connectivity index (χ2n) is 8.87. The smallest absolute Gasteiger partial charge is 0.268 e. The van der Waals surface area contributed by atoms with Crippen LogP contribution in [0.1, 0.15) is 21.5 Å². The molecule has 1 aromatic heterocycles. The first-order chi connectivity index (χ1) is 19.5. The van der Waals surface area contributed by atoms with Crippen molar-refractivity contribution in [1.82, 2.24) is 20.4 Å². The molecule has 0 unspecified atom stereocenters. The van der Waals surface area contributed by atoms with Crippen molar-refractivity contribution < 1.29 is 9.59 Å². The highest BCUT2D eigenvalue weighted by molar-refractivity contribution is 6.31. The molecule has 198 valence electrons. The van der Waals surface area contributed by atoms with Crippen molar-refractivity contribution in [3.05, 3.63) is 148 Å². The van der Waals surface area contributed by atoms with Crippen molar-refractivity contribution in [3.63, 3.8) is 0 Å². The van der Waals surface area contributed by atoms with Crippen LogP contribution in [0.3, 0.4) is 0 Å². The number of aromatic nitrogens is 2. The summed E-state index contributed by atoms with van der Waals surface area (Å²) in [7, 11) is 0. The lowest BCUT2D eigenvalue weighted by atomic mass is 10.1. The predicted molar refractivity (Wildman–Crippen MR) is 159 cm³/mol. The molecule has 0 aliphatic carbocycles. The lowest BCUT2D eigenvalue weighted by Gasteiger charge is -2.12. The highest BCUT2D eigenvalue weighted by atomic mass is 35.5. The summed E-state index contributed by atoms with van der Waals surface area (Å²) >= 11 is 12.4. The predicted octanol–water partition coefficient (Wildman–Crippen LogP) is 6.93. The maximum Gasteiger partial charge on any atom is 0.268 e. The van der Waals surface area contributed by atoms with Crippen LogP contribution < -0.4 is 10.6 Å². The van der Waals surface area contributed by atoms with Crippen molar-refractivity contribution in [2.24, 2.45) is 0 Å². The van der Waals surface area contributed by atoms with Gasteiger partial charge in [0.15, 0.2) is 0 Å². The van der Waals surface area contributed by atoms with Gasteiger partial charge in [-0.05, 0) is 54.1 Å². The zero-order valence-corrected chi connectivity index (χ0v) is 22.7. The molecular weight excluding hydrogens is 543 g/mol. The molecule has 0 aliphatic rings. The number of rotatable bonds is 8. The summed E-state index contributed by atoms with van der Waals surface area (Å²) in [6.07, 6.45) is 3.44. The number of carbonyl (C=O) groups excluding carboxylic acids is 2. The van der Waals surface area contributed by atoms with Crippen molar-refractivity contribution >= 4 is 41.1 Å². The Balaban J connectivity index is 1.55. The summed E-state index contributed by atoms with van der Waals surface area (Å²) in [4.78, 5) is 26.6. The Morgan fingerprint density at radius 1 is 0.800 bits per heavy atom. The fourth-order valence-electron chi connectivity index (χ4n) is 4.05. The summed E-state index contributed by atoms with van der Waals surface area (Å²) in [5.41, 5.74) is 4.12. The van der Waals surface area contributed by atoms with Gasteiger partial charge in [0.2, 0.25) is 0 Å². The van der Waals surface area contributed by atoms with Gasteiger partial charge in [-0.25, -0.2) is 4.68 Å². The van der Waals surface area contributed by atoms with E-state index in [1.807, 2.05) is 72.9 Å². The van der Waals surface area contributed by atoms with Gasteiger partial charge < -0.3 is 10.6 Å². The molecule has 2 N–H and O–H groups in total. The molecule has 2 amide bonds. The van der Waals surface area contributed by atoms with Crippen molar-refractivity contribution in [1.29, 1.82) is 0 Å². The van der Waals surface area contributed by atoms with E-state index in [1.165, 1.54) is 0 Å². The third-order valence-electron chi connectivity index (χ3n) is 6.11. The fourth-order valence-corrected chi connectivity index (χ4v) is 4.38. The number of halogens is 2. The van der Waals surface area contributed by atoms with Crippen LogP contribution in [0.2, 0.25) is 10.0 Å². The largest absolute Gasteiger partial charge is 0.347 e. The van der Waals surface area contributed by atoms with Crippen molar-refractivity contribution in [2.45, 2.75) is 6.54 Å². The van der Waals surface area contributed by atoms with Gasteiger partial charge >= 0.3 is 0 Å². The minimum absolute atomic E-state index is 0.0590. The number of hydrogen-bond donors (Lipinski definition) is 2. The number of nitrogens with one attached hydrogen (secondary N) is 2. The number of nitrogens with zero attached hydrogens (tertiary/aromatic N) is 2. The molecule has 0 fully saturated rings. The number of benzene rings is 4. The van der Waals surface area contributed by atoms with E-state index in [4.69, 9.17) is 28.3 Å². The van der Waals surface area contributed by atoms with Gasteiger partial charge in [-0.1, -0.05) is 89.9 Å². The van der Waals surface area contributed by atoms with Crippen LogP contribution in [0, 0.1) is 0 Å². The van der Waals surface area contributed by atoms with E-state index in [2.05, 4.69) is 10.6 Å². The normalized spacial score (nSPS) is 11.2. The van der Waals surface area contributed by atoms with Crippen LogP contribution in [0.25, 0.3) is 23.0 Å². The molecule has 1 heterocycles. The van der Waals surface area contributed by atoms with Crippen LogP contribution in [0.15, 0.2) is 121 Å². The molecule has 0 bridgehead atoms. The van der Waals surface area contributed by atoms with Crippen LogP contribution >= 0.6 is 23.2 Å². The Labute approximate surface area is 241 Å². The number of carbonyl (C=O) groups is 2. The molecule has 0 aliphatic heterocycles. The zero-order chi connectivity index (χ0) is 27.9. The average molecular weight is 567 g/mol. The average Bonchev–Trinajstić information content (AvgIpc) is 3.41. The number of para-hydroxylation sites is 1. The van der Waals surface area contributed by atoms with Gasteiger partial charge in [0.1, 0.15) is 11.4 Å². The molecule has 5 rings (SSSR count). The van der Waals surface area contributed by atoms with Crippen LogP contribution in [-0.4, -0.2) is 21.6 Å². The van der Waals surface area contributed by atoms with E-state index in [1.54, 1.807) is 53.2 Å². The quantitative estimate of drug-likeness (QED) is 0.200. The molecule has 0 saturated carbocycles. The van der Waals surface area contributed by atoms with E-state index in [0.29, 0.717) is 26.9 Å². The molecular formula is C32H24Cl2N4O2. The standard InChI is InChI=1S/C32H24Cl2N4O2/c33-26-17-15-22(16-18-26)30-25(21-38(37-30)27-12-5-2-6-13-27)19-29(36-31(39)23-9-3-1-4-10-23)32(40)35-20-24-11-7-8-14-28(24)34/h1-19,21H,20H2,(H,35,40)(H,36,39)/b29-19-. The molecule has 0 radical (unpaired) electrons. The third kappa shape index (κ3) is 6.49. The molecule has 0 spiro atoms. The van der Waals surface area contributed by atoms with Gasteiger partial charge in [-0.15, -0.1) is 0 Å². The number of amides is 2. The maximum absolute atomic E-state index is 13.5. The minimum atomic E-state index is -0.473. The highest BCUT2D eigenvalue weighted by Gasteiger charge is 2.18. The summed E-state index contributed by atoms with van der Waals surface area (Å²) in [5.74, 6) is -0.887. The van der Waals surface area contributed by atoms with E-state index < -0.39 is 11.8 Å². The van der Waals surface area contributed by atoms with E-state index in [-0.39, 0.29) is 12.2 Å². The van der Waals surface area contributed by atoms with Gasteiger partial charge in [0.05, 0.1) is 5.69 Å². The van der Waals surface area contributed by atoms with E-state index in [0.717, 1.165) is 16.8 Å². The van der Waals surface area contributed by atoms with Gasteiger partial charge in [-0.2, -0.15) is 5.10 Å². The lowest BCUT2D eigenvalue weighted by Crippen LogP contribution is -2.34. The molecule has 40 heavy (non-hydrogen) atoms. The number of hydrogen-bond acceptors (Lipinski definition) is 3. The van der Waals surface area contributed by atoms with Gasteiger partial charge in [0, 0.05) is 39.5 Å². The van der Waals surface area contributed by atoms with Crippen LogP contribution in [0.4, 0.5) is 0 Å². The Hall–Kier alpha value is -4.65. The summed E-state index contributed by atoms with van der Waals surface area (Å²) in [6, 6.07) is 32.9. The summed E-state index contributed by atoms with van der Waals surface area (Å²) < 4.78 is 1.73. The topological polar surface area (TPSA) is 76.0 Å². The Kier molecular flexibility index (Phi) is 8.40. The van der Waals surface area contributed by atoms with Crippen LogP contribution in [-0.2, 0) is 11.3 Å². The molecule has 0 atom stereocenters. The molecule has 8 heteroatoms. The SMILES string of the molecule is O=C(NCc1ccccc1Cl)/C(=C/c1cn(-c2ccccc2)nc1-c1ccc(Cl)cc1)NC(=O)c1ccccc1. The second-order valence-corrected chi connectivity index (χ2v) is 9.72. The van der Waals surface area contributed by atoms with E-state index >= 15 is 0 Å². The highest BCUT2D eigenvalue weighted by Crippen LogP contribution is 2.27. The Morgan fingerprint density at radius 2 is 1.45 bits per heavy atom. The van der Waals surface area contributed by atoms with E-state index in [9.17, 15) is 9.59 Å². The van der Waals surface area contributed by atoms with Crippen molar-refractivity contribution in [2.75, 3.05) is 0 Å².